The Labute approximate surface area is 177 Å². The summed E-state index contributed by atoms with van der Waals surface area (Å²) < 4.78 is 0. The third kappa shape index (κ3) is 5.80. The maximum Gasteiger partial charge on any atom is 0.305 e. The predicted molar refractivity (Wildman–Crippen MR) is 113 cm³/mol. The average molecular weight is 472 g/mol. The van der Waals surface area contributed by atoms with Crippen LogP contribution in [0, 0.1) is 5.41 Å². The van der Waals surface area contributed by atoms with E-state index in [2.05, 4.69) is 10.3 Å². The molecule has 2 unspecified atom stereocenters. The third-order valence-corrected chi connectivity index (χ3v) is 5.57. The first-order valence-corrected chi connectivity index (χ1v) is 9.05. The van der Waals surface area contributed by atoms with Gasteiger partial charge in [-0.05, 0) is 19.1 Å². The molecule has 1 heterocycles. The molecule has 0 aliphatic carbocycles. The molecule has 9 nitrogen and oxygen atoms in total. The highest BCUT2D eigenvalue weighted by Gasteiger charge is 2.39. The number of hydrogen-bond acceptors (Lipinski definition) is 5. The summed E-state index contributed by atoms with van der Waals surface area (Å²) in [5.74, 6) is -1.82. The number of aliphatic imine (C=N–C) groups is 1. The SMILES string of the molecule is Br.CC1C(C(=O)NCCC(=O)O)SC(=NC(=O)c2ccc(C(=N)N)cc2)N1C. The van der Waals surface area contributed by atoms with Crippen LogP contribution in [0.3, 0.4) is 0 Å². The van der Waals surface area contributed by atoms with Crippen LogP contribution in [-0.4, -0.2) is 63.7 Å². The molecule has 5 N–H and O–H groups in total. The number of aliphatic carboxylic acids is 1. The number of benzene rings is 1. The molecule has 2 rings (SSSR count). The molecular formula is C17H22BrN5O4S. The van der Waals surface area contributed by atoms with Gasteiger partial charge >= 0.3 is 5.97 Å². The topological polar surface area (TPSA) is 149 Å². The smallest absolute Gasteiger partial charge is 0.305 e. The van der Waals surface area contributed by atoms with E-state index in [1.54, 1.807) is 36.2 Å². The largest absolute Gasteiger partial charge is 0.481 e. The van der Waals surface area contributed by atoms with Crippen molar-refractivity contribution in [3.8, 4) is 0 Å². The number of nitrogens with zero attached hydrogens (tertiary/aromatic N) is 2. The third-order valence-electron chi connectivity index (χ3n) is 4.12. The molecule has 0 radical (unpaired) electrons. The van der Waals surface area contributed by atoms with Crippen LogP contribution >= 0.6 is 28.7 Å². The lowest BCUT2D eigenvalue weighted by Gasteiger charge is -2.19. The molecule has 1 saturated heterocycles. The second kappa shape index (κ2) is 10.2. The maximum absolute atomic E-state index is 12.4. The number of nitrogens with two attached hydrogens (primary N) is 1. The van der Waals surface area contributed by atoms with E-state index in [0.29, 0.717) is 16.3 Å². The van der Waals surface area contributed by atoms with E-state index in [-0.39, 0.29) is 47.7 Å². The molecule has 1 aliphatic heterocycles. The van der Waals surface area contributed by atoms with Crippen molar-refractivity contribution in [3.63, 3.8) is 0 Å². The van der Waals surface area contributed by atoms with Crippen molar-refractivity contribution in [3.05, 3.63) is 35.4 Å². The van der Waals surface area contributed by atoms with Gasteiger partial charge in [0.05, 0.1) is 6.42 Å². The molecule has 1 aliphatic rings. The van der Waals surface area contributed by atoms with Gasteiger partial charge in [0.25, 0.3) is 5.91 Å². The highest BCUT2D eigenvalue weighted by Crippen LogP contribution is 2.30. The zero-order valence-electron chi connectivity index (χ0n) is 15.3. The first-order valence-electron chi connectivity index (χ1n) is 8.17. The molecule has 1 fully saturated rings. The Balaban J connectivity index is 0.00000392. The molecule has 2 amide bonds. The van der Waals surface area contributed by atoms with Gasteiger partial charge in [0.15, 0.2) is 5.17 Å². The van der Waals surface area contributed by atoms with E-state index in [0.717, 1.165) is 0 Å². The Morgan fingerprint density at radius 2 is 1.86 bits per heavy atom. The number of rotatable bonds is 6. The first kappa shape index (κ1) is 23.6. The van der Waals surface area contributed by atoms with Gasteiger partial charge in [0, 0.05) is 30.8 Å². The van der Waals surface area contributed by atoms with Crippen molar-refractivity contribution < 1.29 is 19.5 Å². The van der Waals surface area contributed by atoms with Gasteiger partial charge in [-0.15, -0.1) is 17.0 Å². The van der Waals surface area contributed by atoms with Crippen LogP contribution < -0.4 is 11.1 Å². The maximum atomic E-state index is 12.4. The monoisotopic (exact) mass is 471 g/mol. The van der Waals surface area contributed by atoms with Gasteiger partial charge in [-0.2, -0.15) is 4.99 Å². The van der Waals surface area contributed by atoms with Crippen LogP contribution in [0.2, 0.25) is 0 Å². The molecule has 0 aromatic heterocycles. The highest BCUT2D eigenvalue weighted by atomic mass is 79.9. The van der Waals surface area contributed by atoms with Crippen LogP contribution in [0.1, 0.15) is 29.3 Å². The number of carboxylic acid groups (broad SMARTS) is 1. The number of carbonyl (C=O) groups is 3. The number of hydrogen-bond donors (Lipinski definition) is 4. The molecule has 0 bridgehead atoms. The molecule has 0 spiro atoms. The fourth-order valence-electron chi connectivity index (χ4n) is 2.39. The first-order chi connectivity index (χ1) is 12.7. The summed E-state index contributed by atoms with van der Waals surface area (Å²) in [5, 5.41) is 18.5. The van der Waals surface area contributed by atoms with E-state index in [9.17, 15) is 14.4 Å². The molecule has 1 aromatic rings. The number of thioether (sulfide) groups is 1. The van der Waals surface area contributed by atoms with Crippen molar-refractivity contribution in [1.82, 2.24) is 10.2 Å². The van der Waals surface area contributed by atoms with E-state index >= 15 is 0 Å². The summed E-state index contributed by atoms with van der Waals surface area (Å²) in [6, 6.07) is 6.03. The Hall–Kier alpha value is -2.40. The fourth-order valence-corrected chi connectivity index (χ4v) is 3.65. The average Bonchev–Trinajstić information content (AvgIpc) is 2.90. The van der Waals surface area contributed by atoms with Gasteiger partial charge in [-0.25, -0.2) is 0 Å². The lowest BCUT2D eigenvalue weighted by Crippen LogP contribution is -2.41. The molecule has 28 heavy (non-hydrogen) atoms. The molecule has 1 aromatic carbocycles. The zero-order chi connectivity index (χ0) is 20.1. The van der Waals surface area contributed by atoms with Crippen LogP contribution in [-0.2, 0) is 9.59 Å². The molecule has 152 valence electrons. The Morgan fingerprint density at radius 3 is 2.39 bits per heavy atom. The summed E-state index contributed by atoms with van der Waals surface area (Å²) in [6.45, 7) is 1.89. The van der Waals surface area contributed by atoms with Crippen molar-refractivity contribution in [2.45, 2.75) is 24.6 Å². The minimum atomic E-state index is -0.983. The molecule has 0 saturated carbocycles. The number of nitrogen functional groups attached to an aromatic ring is 1. The minimum Gasteiger partial charge on any atom is -0.481 e. The number of amides is 2. The summed E-state index contributed by atoms with van der Waals surface area (Å²) in [6.07, 6.45) is -0.150. The molecular weight excluding hydrogens is 450 g/mol. The molecule has 2 atom stereocenters. The van der Waals surface area contributed by atoms with Crippen LogP contribution in [0.4, 0.5) is 0 Å². The number of carboxylic acids is 1. The molecule has 11 heteroatoms. The minimum absolute atomic E-state index is 0. The summed E-state index contributed by atoms with van der Waals surface area (Å²) >= 11 is 1.17. The van der Waals surface area contributed by atoms with Gasteiger partial charge < -0.3 is 21.1 Å². The Morgan fingerprint density at radius 1 is 1.29 bits per heavy atom. The lowest BCUT2D eigenvalue weighted by atomic mass is 10.1. The van der Waals surface area contributed by atoms with Crippen LogP contribution in [0.15, 0.2) is 29.3 Å². The Bertz CT molecular complexity index is 799. The van der Waals surface area contributed by atoms with Gasteiger partial charge in [-0.1, -0.05) is 23.9 Å². The van der Waals surface area contributed by atoms with Crippen LogP contribution in [0.25, 0.3) is 0 Å². The second-order valence-corrected chi connectivity index (χ2v) is 7.12. The van der Waals surface area contributed by atoms with E-state index in [4.69, 9.17) is 16.2 Å². The van der Waals surface area contributed by atoms with Crippen molar-refractivity contribution >= 4 is 57.5 Å². The van der Waals surface area contributed by atoms with E-state index < -0.39 is 17.1 Å². The van der Waals surface area contributed by atoms with Gasteiger partial charge in [0.1, 0.15) is 11.1 Å². The second-order valence-electron chi connectivity index (χ2n) is 6.02. The summed E-state index contributed by atoms with van der Waals surface area (Å²) in [7, 11) is 1.74. The van der Waals surface area contributed by atoms with E-state index in [1.807, 2.05) is 6.92 Å². The summed E-state index contributed by atoms with van der Waals surface area (Å²) in [5.41, 5.74) is 6.25. The van der Waals surface area contributed by atoms with Crippen molar-refractivity contribution in [1.29, 1.82) is 5.41 Å². The normalized spacial score (nSPS) is 19.8. The van der Waals surface area contributed by atoms with Crippen molar-refractivity contribution in [2.24, 2.45) is 10.7 Å². The predicted octanol–water partition coefficient (Wildman–Crippen LogP) is 1.07. The quantitative estimate of drug-likeness (QED) is 0.357. The zero-order valence-corrected chi connectivity index (χ0v) is 17.9. The fraction of sp³-hybridized carbons (Fsp3) is 0.353. The van der Waals surface area contributed by atoms with Gasteiger partial charge in [-0.3, -0.25) is 19.8 Å². The van der Waals surface area contributed by atoms with E-state index in [1.165, 1.54) is 11.8 Å². The Kier molecular flexibility index (Phi) is 8.64. The van der Waals surface area contributed by atoms with Crippen molar-refractivity contribution in [2.75, 3.05) is 13.6 Å². The van der Waals surface area contributed by atoms with Gasteiger partial charge in [0.2, 0.25) is 5.91 Å². The lowest BCUT2D eigenvalue weighted by molar-refractivity contribution is -0.136. The summed E-state index contributed by atoms with van der Waals surface area (Å²) in [4.78, 5) is 41.0. The number of halogens is 1. The highest BCUT2D eigenvalue weighted by molar-refractivity contribution is 8.93. The van der Waals surface area contributed by atoms with Crippen LogP contribution in [0.5, 0.6) is 0 Å². The number of nitrogens with one attached hydrogen (secondary N) is 2. The number of amidine groups is 2. The standard InChI is InChI=1S/C17H21N5O4S.BrH/c1-9-13(16(26)20-8-7-12(23)24)27-17(22(9)2)21-15(25)11-5-3-10(4-6-11)14(18)19;/h3-6,9,13H,7-8H2,1-2H3,(H3,18,19)(H,20,26)(H,23,24);1H. The number of carbonyl (C=O) groups excluding carboxylic acids is 2.